The Labute approximate surface area is 61.1 Å². The maximum Gasteiger partial charge on any atom is 0.0636 e. The Morgan fingerprint density at radius 3 is 1.86 bits per heavy atom. The van der Waals surface area contributed by atoms with E-state index in [-0.39, 0.29) is 32.4 Å². The van der Waals surface area contributed by atoms with Gasteiger partial charge in [-0.05, 0) is 6.08 Å². The number of hydrogen-bond donors (Lipinski definition) is 1. The zero-order valence-electron chi connectivity index (χ0n) is 4.10. The molecule has 0 saturated heterocycles. The van der Waals surface area contributed by atoms with E-state index in [4.69, 9.17) is 9.90 Å². The van der Waals surface area contributed by atoms with E-state index in [2.05, 4.69) is 6.58 Å². The van der Waals surface area contributed by atoms with Gasteiger partial charge >= 0.3 is 0 Å². The van der Waals surface area contributed by atoms with Crippen LogP contribution in [0.2, 0.25) is 0 Å². The molecule has 0 aliphatic carbocycles. The van der Waals surface area contributed by atoms with Crippen LogP contribution in [0, 0.1) is 0 Å². The molecule has 0 amide bonds. The molecule has 0 bridgehead atoms. The fraction of sp³-hybridized carbons (Fsp3) is 0. The molecule has 0 heterocycles. The van der Waals surface area contributed by atoms with Gasteiger partial charge in [0.2, 0.25) is 0 Å². The van der Waals surface area contributed by atoms with E-state index in [1.54, 1.807) is 0 Å². The summed E-state index contributed by atoms with van der Waals surface area (Å²) in [6.45, 7) is 2.90. The van der Waals surface area contributed by atoms with E-state index in [9.17, 15) is 0 Å². The first-order valence-electron chi connectivity index (χ1n) is 1.11. The Hall–Kier alpha value is 0.0531. The molecular weight excluding hydrogens is 173 g/mol. The van der Waals surface area contributed by atoms with Crippen molar-refractivity contribution in [3.8, 4) is 0 Å². The fourth-order valence-electron chi connectivity index (χ4n) is 0. The Morgan fingerprint density at radius 1 is 1.71 bits per heavy atom. The van der Waals surface area contributed by atoms with Crippen LogP contribution in [0.3, 0.4) is 0 Å². The molecule has 0 saturated carbocycles. The number of carbonyl (C=O) groups excluding carboxylic acids is 1. The molecule has 7 heavy (non-hydrogen) atoms. The summed E-state index contributed by atoms with van der Waals surface area (Å²) in [5.74, 6) is -1.23. The van der Waals surface area contributed by atoms with Crippen molar-refractivity contribution < 1.29 is 36.1 Å². The number of aliphatic carboxylic acids is 1. The maximum absolute atomic E-state index is 9.14. The van der Waals surface area contributed by atoms with Crippen LogP contribution in [0.25, 0.3) is 0 Å². The molecule has 3 nitrogen and oxygen atoms in total. The minimum atomic E-state index is -1.23. The van der Waals surface area contributed by atoms with Crippen LogP contribution in [0.5, 0.6) is 0 Å². The Balaban J connectivity index is -0.0000000800. The van der Waals surface area contributed by atoms with Crippen LogP contribution in [0.1, 0.15) is 0 Å². The minimum Gasteiger partial charge on any atom is -0.545 e. The normalized spacial score (nSPS) is 4.57. The molecule has 0 spiro atoms. The summed E-state index contributed by atoms with van der Waals surface area (Å²) < 4.78 is 0. The first-order valence-corrected chi connectivity index (χ1v) is 1.11. The second-order valence-corrected chi connectivity index (χ2v) is 0.523. The van der Waals surface area contributed by atoms with Gasteiger partial charge in [-0.25, -0.2) is 0 Å². The number of hydrogen-bond acceptors (Lipinski definition) is 2. The zero-order valence-corrected chi connectivity index (χ0v) is 6.56. The summed E-state index contributed by atoms with van der Waals surface area (Å²) in [4.78, 5) is 9.14. The third-order valence-electron chi connectivity index (χ3n) is 0.167. The van der Waals surface area contributed by atoms with Crippen molar-refractivity contribution in [3.05, 3.63) is 12.7 Å². The van der Waals surface area contributed by atoms with Gasteiger partial charge in [-0.2, -0.15) is 0 Å². The molecule has 0 radical (unpaired) electrons. The monoisotopic (exact) mass is 179 g/mol. The van der Waals surface area contributed by atoms with Gasteiger partial charge in [0, 0.05) is 26.2 Å². The summed E-state index contributed by atoms with van der Waals surface area (Å²) in [7, 11) is 0. The number of carboxylic acid groups (broad SMARTS) is 1. The summed E-state index contributed by atoms with van der Waals surface area (Å²) in [5, 5.41) is 9.14. The molecule has 0 atom stereocenters. The van der Waals surface area contributed by atoms with Gasteiger partial charge in [0.05, 0.1) is 5.97 Å². The van der Waals surface area contributed by atoms with Gasteiger partial charge < -0.3 is 16.1 Å². The summed E-state index contributed by atoms with van der Waals surface area (Å²) in [6, 6.07) is 0. The molecule has 0 rings (SSSR count). The Bertz CT molecular complexity index is 64.0. The van der Waals surface area contributed by atoms with E-state index in [1.807, 2.05) is 0 Å². The quantitative estimate of drug-likeness (QED) is 0.541. The molecule has 0 aromatic heterocycles. The molecular formula is C3H7NO2Zr. The third-order valence-corrected chi connectivity index (χ3v) is 0.167. The predicted molar refractivity (Wildman–Crippen MR) is 21.2 cm³/mol. The smallest absolute Gasteiger partial charge is 0.0636 e. The van der Waals surface area contributed by atoms with Crippen LogP contribution >= 0.6 is 0 Å². The van der Waals surface area contributed by atoms with Crippen molar-refractivity contribution in [2.45, 2.75) is 0 Å². The standard InChI is InChI=1S/C3H4O2.H3N.Zr/c1-2-3(4)5;;/h2H,1H2,(H,4,5);1H3;. The van der Waals surface area contributed by atoms with Crippen LogP contribution < -0.4 is 11.3 Å². The maximum atomic E-state index is 9.14. The molecule has 0 aliphatic rings. The third kappa shape index (κ3) is 23.6. The van der Waals surface area contributed by atoms with Crippen molar-refractivity contribution in [3.63, 3.8) is 0 Å². The van der Waals surface area contributed by atoms with E-state index in [1.165, 1.54) is 0 Å². The average molecular weight is 180 g/mol. The van der Waals surface area contributed by atoms with Crippen LogP contribution in [-0.2, 0) is 31.0 Å². The van der Waals surface area contributed by atoms with Gasteiger partial charge in [0.1, 0.15) is 0 Å². The van der Waals surface area contributed by atoms with Crippen molar-refractivity contribution >= 4 is 5.97 Å². The van der Waals surface area contributed by atoms with E-state index >= 15 is 0 Å². The van der Waals surface area contributed by atoms with Crippen molar-refractivity contribution in [1.29, 1.82) is 0 Å². The van der Waals surface area contributed by atoms with Crippen LogP contribution in [0.4, 0.5) is 0 Å². The molecule has 0 aromatic carbocycles. The number of carbonyl (C=O) groups is 1. The van der Waals surface area contributed by atoms with E-state index in [0.29, 0.717) is 0 Å². The van der Waals surface area contributed by atoms with Crippen LogP contribution in [0.15, 0.2) is 12.7 Å². The fourth-order valence-corrected chi connectivity index (χ4v) is 0. The zero-order chi connectivity index (χ0) is 4.28. The van der Waals surface area contributed by atoms with E-state index in [0.717, 1.165) is 6.08 Å². The molecule has 0 aromatic rings. The molecule has 4 N–H and O–H groups in total. The van der Waals surface area contributed by atoms with Crippen molar-refractivity contribution in [2.75, 3.05) is 0 Å². The first-order chi connectivity index (χ1) is 2.27. The van der Waals surface area contributed by atoms with E-state index < -0.39 is 5.97 Å². The average Bonchev–Trinajstić information content (AvgIpc) is 1.38. The van der Waals surface area contributed by atoms with Crippen molar-refractivity contribution in [1.82, 2.24) is 6.15 Å². The van der Waals surface area contributed by atoms with Gasteiger partial charge in [-0.15, -0.1) is 0 Å². The molecule has 0 aliphatic heterocycles. The summed E-state index contributed by atoms with van der Waals surface area (Å²) in [5.41, 5.74) is 0. The van der Waals surface area contributed by atoms with Gasteiger partial charge in [-0.1, -0.05) is 6.58 Å². The molecule has 0 unspecified atom stereocenters. The Kier molecular flexibility index (Phi) is 21.1. The van der Waals surface area contributed by atoms with Crippen molar-refractivity contribution in [2.24, 2.45) is 0 Å². The number of carboxylic acids is 1. The Morgan fingerprint density at radius 2 is 1.86 bits per heavy atom. The first kappa shape index (κ1) is 15.7. The van der Waals surface area contributed by atoms with Gasteiger partial charge in [-0.3, -0.25) is 0 Å². The molecule has 0 fully saturated rings. The summed E-state index contributed by atoms with van der Waals surface area (Å²) in [6.07, 6.45) is 0.722. The predicted octanol–water partition coefficient (Wildman–Crippen LogP) is -0.704. The van der Waals surface area contributed by atoms with Gasteiger partial charge in [0.25, 0.3) is 0 Å². The largest absolute Gasteiger partial charge is 0.545 e. The SMILES string of the molecule is C=CC(=O)[O-].[NH4+].[Zr]. The van der Waals surface area contributed by atoms with Crippen LogP contribution in [-0.4, -0.2) is 5.97 Å². The number of quaternary nitrogens is 1. The summed E-state index contributed by atoms with van der Waals surface area (Å²) >= 11 is 0. The number of rotatable bonds is 1. The molecule has 40 valence electrons. The minimum absolute atomic E-state index is 0. The topological polar surface area (TPSA) is 76.6 Å². The second kappa shape index (κ2) is 9.41. The molecule has 4 heteroatoms. The van der Waals surface area contributed by atoms with Gasteiger partial charge in [0.15, 0.2) is 0 Å². The second-order valence-electron chi connectivity index (χ2n) is 0.523.